The number of hydrogen-bond donors (Lipinski definition) is 4. The molecule has 0 aliphatic heterocycles. The van der Waals surface area contributed by atoms with Crippen molar-refractivity contribution in [2.45, 2.75) is 58.2 Å². The van der Waals surface area contributed by atoms with Crippen LogP contribution in [-0.4, -0.2) is 39.8 Å². The molecule has 28 heavy (non-hydrogen) atoms. The molecule has 0 radical (unpaired) electrons. The van der Waals surface area contributed by atoms with E-state index in [1.807, 2.05) is 37.7 Å². The van der Waals surface area contributed by atoms with E-state index in [4.69, 9.17) is 5.73 Å². The Hall–Kier alpha value is -2.61. The van der Waals surface area contributed by atoms with Crippen LogP contribution < -0.4 is 21.7 Å². The molecule has 2 heterocycles. The van der Waals surface area contributed by atoms with Gasteiger partial charge in [0, 0.05) is 37.4 Å². The number of rotatable bonds is 6. The van der Waals surface area contributed by atoms with Crippen LogP contribution in [0, 0.1) is 12.3 Å². The molecule has 0 atom stereocenters. The Bertz CT molecular complexity index is 877. The summed E-state index contributed by atoms with van der Waals surface area (Å²) in [6.45, 7) is 4.76. The Labute approximate surface area is 165 Å². The average molecular weight is 384 g/mol. The van der Waals surface area contributed by atoms with E-state index in [2.05, 4.69) is 26.0 Å². The molecular formula is C20H29N7O. The van der Waals surface area contributed by atoms with Crippen LogP contribution in [0.1, 0.15) is 48.7 Å². The number of carbonyl (C=O) groups excluding carboxylic acids is 1. The maximum absolute atomic E-state index is 12.9. The molecule has 0 bridgehead atoms. The summed E-state index contributed by atoms with van der Waals surface area (Å²) in [5, 5.41) is 13.8. The predicted molar refractivity (Wildman–Crippen MR) is 111 cm³/mol. The summed E-state index contributed by atoms with van der Waals surface area (Å²) in [4.78, 5) is 17.5. The molecule has 0 aromatic carbocycles. The smallest absolute Gasteiger partial charge is 0.260 e. The zero-order valence-corrected chi connectivity index (χ0v) is 16.7. The lowest BCUT2D eigenvalue weighted by atomic mass is 9.52. The minimum absolute atomic E-state index is 0.210. The van der Waals surface area contributed by atoms with E-state index in [-0.39, 0.29) is 5.91 Å². The first kappa shape index (κ1) is 18.7. The average Bonchev–Trinajstić information content (AvgIpc) is 2.97. The number of carbonyl (C=O) groups is 1. The number of aryl methyl sites for hydroxylation is 2. The van der Waals surface area contributed by atoms with E-state index in [1.165, 1.54) is 0 Å². The first-order valence-electron chi connectivity index (χ1n) is 9.98. The summed E-state index contributed by atoms with van der Waals surface area (Å²) in [6, 6.07) is 6.18. The third-order valence-electron chi connectivity index (χ3n) is 6.01. The zero-order chi connectivity index (χ0) is 19.9. The number of aromatic nitrogens is 3. The fraction of sp³-hybridized carbons (Fsp3) is 0.550. The van der Waals surface area contributed by atoms with Crippen molar-refractivity contribution in [3.63, 3.8) is 0 Å². The lowest BCUT2D eigenvalue weighted by molar-refractivity contribution is 0.00110. The zero-order valence-electron chi connectivity index (χ0n) is 16.7. The Morgan fingerprint density at radius 1 is 1.29 bits per heavy atom. The highest BCUT2D eigenvalue weighted by molar-refractivity contribution is 6.07. The molecule has 5 N–H and O–H groups in total. The van der Waals surface area contributed by atoms with Gasteiger partial charge in [-0.15, -0.1) is 0 Å². The number of nitrogens with one attached hydrogen (secondary N) is 3. The Kier molecular flexibility index (Phi) is 4.74. The highest BCUT2D eigenvalue weighted by Crippen LogP contribution is 2.55. The van der Waals surface area contributed by atoms with E-state index in [0.717, 1.165) is 43.7 Å². The number of nitrogens with two attached hydrogens (primary N) is 1. The minimum Gasteiger partial charge on any atom is -0.373 e. The molecule has 0 unspecified atom stereocenters. The molecular weight excluding hydrogens is 354 g/mol. The Morgan fingerprint density at radius 3 is 2.64 bits per heavy atom. The van der Waals surface area contributed by atoms with Gasteiger partial charge >= 0.3 is 0 Å². The van der Waals surface area contributed by atoms with Gasteiger partial charge in [-0.3, -0.25) is 9.48 Å². The van der Waals surface area contributed by atoms with Gasteiger partial charge in [0.2, 0.25) is 0 Å². The van der Waals surface area contributed by atoms with Crippen molar-refractivity contribution in [3.05, 3.63) is 29.5 Å². The van der Waals surface area contributed by atoms with Crippen molar-refractivity contribution in [2.75, 3.05) is 23.0 Å². The van der Waals surface area contributed by atoms with Gasteiger partial charge in [0.25, 0.3) is 5.91 Å². The van der Waals surface area contributed by atoms with Crippen molar-refractivity contribution in [1.29, 1.82) is 0 Å². The fourth-order valence-corrected chi connectivity index (χ4v) is 4.63. The molecule has 2 aromatic rings. The Balaban J connectivity index is 1.48. The molecule has 2 fully saturated rings. The monoisotopic (exact) mass is 383 g/mol. The lowest BCUT2D eigenvalue weighted by Crippen LogP contribution is -2.57. The van der Waals surface area contributed by atoms with Crippen LogP contribution in [0.15, 0.2) is 18.2 Å². The van der Waals surface area contributed by atoms with Gasteiger partial charge in [-0.05, 0) is 57.1 Å². The van der Waals surface area contributed by atoms with Crippen molar-refractivity contribution in [1.82, 2.24) is 14.8 Å². The number of anilines is 3. The normalized spacial score (nSPS) is 25.7. The largest absolute Gasteiger partial charge is 0.373 e. The first-order valence-corrected chi connectivity index (χ1v) is 9.98. The number of amides is 1. The topological polar surface area (TPSA) is 110 Å². The highest BCUT2D eigenvalue weighted by atomic mass is 16.1. The third kappa shape index (κ3) is 3.44. The van der Waals surface area contributed by atoms with Gasteiger partial charge in [0.1, 0.15) is 11.6 Å². The second-order valence-corrected chi connectivity index (χ2v) is 8.20. The van der Waals surface area contributed by atoms with Crippen LogP contribution in [0.25, 0.3) is 0 Å². The predicted octanol–water partition coefficient (Wildman–Crippen LogP) is 2.58. The van der Waals surface area contributed by atoms with Gasteiger partial charge in [-0.2, -0.15) is 5.10 Å². The summed E-state index contributed by atoms with van der Waals surface area (Å²) in [6.07, 6.45) is 4.41. The lowest BCUT2D eigenvalue weighted by Gasteiger charge is -2.57. The van der Waals surface area contributed by atoms with E-state index in [0.29, 0.717) is 34.7 Å². The molecule has 8 heteroatoms. The molecule has 2 aliphatic carbocycles. The summed E-state index contributed by atoms with van der Waals surface area (Å²) < 4.78 is 1.86. The fourth-order valence-electron chi connectivity index (χ4n) is 4.63. The molecule has 1 spiro atoms. The molecule has 0 saturated heterocycles. The summed E-state index contributed by atoms with van der Waals surface area (Å²) >= 11 is 0. The van der Waals surface area contributed by atoms with E-state index in [1.54, 1.807) is 6.07 Å². The maximum atomic E-state index is 12.9. The molecule has 1 amide bonds. The minimum atomic E-state index is -0.210. The van der Waals surface area contributed by atoms with Gasteiger partial charge < -0.3 is 21.7 Å². The van der Waals surface area contributed by atoms with Gasteiger partial charge in [0.05, 0.1) is 5.56 Å². The number of pyridine rings is 1. The molecule has 150 valence electrons. The molecule has 2 saturated carbocycles. The van der Waals surface area contributed by atoms with Crippen LogP contribution >= 0.6 is 0 Å². The Morgan fingerprint density at radius 2 is 2.04 bits per heavy atom. The number of nitrogens with zero attached hydrogens (tertiary/aromatic N) is 3. The van der Waals surface area contributed by atoms with Crippen LogP contribution in [0.3, 0.4) is 0 Å². The van der Waals surface area contributed by atoms with Crippen molar-refractivity contribution < 1.29 is 4.79 Å². The molecule has 2 aliphatic rings. The quantitative estimate of drug-likeness (QED) is 0.610. The van der Waals surface area contributed by atoms with Crippen LogP contribution in [0.2, 0.25) is 0 Å². The van der Waals surface area contributed by atoms with Crippen LogP contribution in [0.5, 0.6) is 0 Å². The van der Waals surface area contributed by atoms with Gasteiger partial charge in [0.15, 0.2) is 5.82 Å². The molecule has 4 rings (SSSR count). The van der Waals surface area contributed by atoms with E-state index < -0.39 is 0 Å². The van der Waals surface area contributed by atoms with Crippen molar-refractivity contribution >= 4 is 23.4 Å². The summed E-state index contributed by atoms with van der Waals surface area (Å²) in [5.74, 6) is 1.68. The van der Waals surface area contributed by atoms with Crippen LogP contribution in [-0.2, 0) is 6.54 Å². The van der Waals surface area contributed by atoms with Gasteiger partial charge in [-0.25, -0.2) is 4.98 Å². The summed E-state index contributed by atoms with van der Waals surface area (Å²) in [5.41, 5.74) is 7.91. The third-order valence-corrected chi connectivity index (χ3v) is 6.01. The SMILES string of the molecule is CCn1nc(NC(=O)c2ccc(NC)nc2NC2CC3(CC(N)C3)C2)cc1C. The molecule has 8 nitrogen and oxygen atoms in total. The first-order chi connectivity index (χ1) is 13.4. The van der Waals surface area contributed by atoms with Crippen LogP contribution in [0.4, 0.5) is 17.5 Å². The molecule has 2 aromatic heterocycles. The summed E-state index contributed by atoms with van der Waals surface area (Å²) in [7, 11) is 1.82. The van der Waals surface area contributed by atoms with E-state index >= 15 is 0 Å². The van der Waals surface area contributed by atoms with Crippen molar-refractivity contribution in [3.8, 4) is 0 Å². The second-order valence-electron chi connectivity index (χ2n) is 8.20. The van der Waals surface area contributed by atoms with E-state index in [9.17, 15) is 4.79 Å². The van der Waals surface area contributed by atoms with Crippen molar-refractivity contribution in [2.24, 2.45) is 11.1 Å². The standard InChI is InChI=1S/C20H29N7O/c1-4-27-12(2)7-17(26-27)25-19(28)15-5-6-16(22-3)24-18(15)23-14-10-20(11-14)8-13(21)9-20/h5-7,13-14H,4,8-11,21H2,1-3H3,(H2,22,23,24)(H,25,26,28). The highest BCUT2D eigenvalue weighted by Gasteiger charge is 2.51. The van der Waals surface area contributed by atoms with Gasteiger partial charge in [-0.1, -0.05) is 0 Å². The second kappa shape index (κ2) is 7.09. The maximum Gasteiger partial charge on any atom is 0.260 e. The number of hydrogen-bond acceptors (Lipinski definition) is 6.